The van der Waals surface area contributed by atoms with Crippen LogP contribution in [0.25, 0.3) is 0 Å². The third-order valence-electron chi connectivity index (χ3n) is 8.81. The lowest BCUT2D eigenvalue weighted by Crippen LogP contribution is -2.72. The maximum Gasteiger partial charge on any atom is 0.323 e. The summed E-state index contributed by atoms with van der Waals surface area (Å²) in [5.41, 5.74) is 1.74. The Bertz CT molecular complexity index is 458. The monoisotopic (exact) mass is 520 g/mol. The minimum atomic E-state index is -2.54. The van der Waals surface area contributed by atoms with Crippen molar-refractivity contribution < 1.29 is 16.5 Å². The van der Waals surface area contributed by atoms with E-state index in [4.69, 9.17) is 16.5 Å². The summed E-state index contributed by atoms with van der Waals surface area (Å²) in [6.07, 6.45) is 4.35. The van der Waals surface area contributed by atoms with Gasteiger partial charge in [0.1, 0.15) is 0 Å². The topological polar surface area (TPSA) is 36.9 Å². The normalized spacial score (nSPS) is 37.9. The summed E-state index contributed by atoms with van der Waals surface area (Å²) in [6, 6.07) is 3.93. The van der Waals surface area contributed by atoms with Gasteiger partial charge in [-0.25, -0.2) is 0 Å². The molecule has 1 heterocycles. The summed E-state index contributed by atoms with van der Waals surface area (Å²) >= 11 is 0. The van der Waals surface area contributed by atoms with Crippen LogP contribution in [0.5, 0.6) is 0 Å². The molecule has 8 heteroatoms. The molecule has 0 aromatic carbocycles. The van der Waals surface area contributed by atoms with E-state index in [1.165, 1.54) is 0 Å². The summed E-state index contributed by atoms with van der Waals surface area (Å²) in [6.45, 7) is 27.9. The van der Waals surface area contributed by atoms with Crippen LogP contribution >= 0.6 is 0 Å². The van der Waals surface area contributed by atoms with Crippen molar-refractivity contribution in [1.29, 1.82) is 0 Å². The number of hydrogen-bond acceptors (Lipinski definition) is 4. The van der Waals surface area contributed by atoms with E-state index in [1.807, 2.05) is 0 Å². The highest BCUT2D eigenvalue weighted by Gasteiger charge is 2.65. The second kappa shape index (κ2) is 12.6. The van der Waals surface area contributed by atoms with Gasteiger partial charge >= 0.3 is 34.2 Å². The van der Waals surface area contributed by atoms with Crippen molar-refractivity contribution >= 4 is 34.2 Å². The van der Waals surface area contributed by atoms with Gasteiger partial charge in [0.15, 0.2) is 0 Å². The molecule has 32 heavy (non-hydrogen) atoms. The fraction of sp³-hybridized carbons (Fsp3) is 1.00. The fourth-order valence-electron chi connectivity index (χ4n) is 5.27. The van der Waals surface area contributed by atoms with Gasteiger partial charge in [-0.05, 0) is 46.3 Å². The minimum Gasteiger partial charge on any atom is -0.415 e. The van der Waals surface area contributed by atoms with E-state index in [1.54, 1.807) is 0 Å². The molecule has 0 amide bonds. The van der Waals surface area contributed by atoms with E-state index in [0.717, 1.165) is 49.9 Å². The summed E-state index contributed by atoms with van der Waals surface area (Å²) in [5.74, 6) is 0. The van der Waals surface area contributed by atoms with E-state index in [9.17, 15) is 0 Å². The Labute approximate surface area is 205 Å². The van der Waals surface area contributed by atoms with Crippen molar-refractivity contribution in [3.63, 3.8) is 0 Å². The lowest BCUT2D eigenvalue weighted by molar-refractivity contribution is 0.187. The molecule has 0 bridgehead atoms. The van der Waals surface area contributed by atoms with Gasteiger partial charge in [0.05, 0.1) is 0 Å². The molecule has 0 N–H and O–H groups in total. The number of hydrogen-bond donors (Lipinski definition) is 0. The fourth-order valence-corrected chi connectivity index (χ4v) is 33.1. The SMILES string of the molecule is CCC(C)[Si]1(CC)O[Si](CC)(C(C)CC)O[Si](CC)(C(C)CC)O[Si](CC)(C(C)CC)O1. The smallest absolute Gasteiger partial charge is 0.323 e. The van der Waals surface area contributed by atoms with Crippen LogP contribution in [0.2, 0.25) is 46.3 Å². The standard InChI is InChI=1S/C24H56O4Si4/c1-13-21(9)29(17-5)25-30(18-6,22(10)14-2)27-32(20-8,24(12)16-4)28-31(19-7,26-29)23(11)15-3/h21-24H,13-20H2,1-12H3. The van der Waals surface area contributed by atoms with E-state index < -0.39 is 34.2 Å². The highest BCUT2D eigenvalue weighted by Crippen LogP contribution is 2.51. The second-order valence-electron chi connectivity index (χ2n) is 10.3. The van der Waals surface area contributed by atoms with E-state index in [-0.39, 0.29) is 0 Å². The molecular weight excluding hydrogens is 465 g/mol. The molecule has 1 rings (SSSR count). The molecule has 0 aromatic rings. The van der Waals surface area contributed by atoms with Crippen LogP contribution in [0.15, 0.2) is 0 Å². The summed E-state index contributed by atoms with van der Waals surface area (Å²) in [4.78, 5) is 0. The zero-order valence-corrected chi connectivity index (χ0v) is 27.6. The van der Waals surface area contributed by atoms with Gasteiger partial charge in [0.25, 0.3) is 0 Å². The van der Waals surface area contributed by atoms with Crippen LogP contribution in [0.1, 0.15) is 109 Å². The Kier molecular flexibility index (Phi) is 12.1. The molecule has 192 valence electrons. The average Bonchev–Trinajstić information content (AvgIpc) is 2.82. The third kappa shape index (κ3) is 5.74. The predicted molar refractivity (Wildman–Crippen MR) is 148 cm³/mol. The van der Waals surface area contributed by atoms with Gasteiger partial charge in [-0.2, -0.15) is 0 Å². The maximum atomic E-state index is 7.60. The minimum absolute atomic E-state index is 0.434. The quantitative estimate of drug-likeness (QED) is 0.240. The van der Waals surface area contributed by atoms with Gasteiger partial charge in [-0.1, -0.05) is 109 Å². The van der Waals surface area contributed by atoms with Crippen molar-refractivity contribution in [1.82, 2.24) is 0 Å². The lowest BCUT2D eigenvalue weighted by Gasteiger charge is -2.57. The van der Waals surface area contributed by atoms with Gasteiger partial charge < -0.3 is 16.5 Å². The Balaban J connectivity index is 3.92. The van der Waals surface area contributed by atoms with Gasteiger partial charge in [0.2, 0.25) is 0 Å². The van der Waals surface area contributed by atoms with E-state index >= 15 is 0 Å². The zero-order chi connectivity index (χ0) is 24.8. The maximum absolute atomic E-state index is 7.60. The second-order valence-corrected chi connectivity index (χ2v) is 26.8. The Morgan fingerprint density at radius 1 is 0.375 bits per heavy atom. The van der Waals surface area contributed by atoms with E-state index in [0.29, 0.717) is 22.2 Å². The third-order valence-corrected chi connectivity index (χ3v) is 31.4. The van der Waals surface area contributed by atoms with E-state index in [2.05, 4.69) is 83.1 Å². The first-order chi connectivity index (χ1) is 15.0. The van der Waals surface area contributed by atoms with Crippen molar-refractivity contribution in [2.75, 3.05) is 0 Å². The van der Waals surface area contributed by atoms with Crippen LogP contribution in [0.3, 0.4) is 0 Å². The lowest BCUT2D eigenvalue weighted by atomic mass is 10.4. The Hall–Kier alpha value is 0.708. The van der Waals surface area contributed by atoms with Crippen molar-refractivity contribution in [2.45, 2.75) is 155 Å². The van der Waals surface area contributed by atoms with Crippen molar-refractivity contribution in [3.8, 4) is 0 Å². The largest absolute Gasteiger partial charge is 0.415 e. The molecule has 1 aliphatic heterocycles. The molecule has 0 aromatic heterocycles. The van der Waals surface area contributed by atoms with Crippen molar-refractivity contribution in [2.24, 2.45) is 0 Å². The molecule has 4 unspecified atom stereocenters. The van der Waals surface area contributed by atoms with Crippen LogP contribution < -0.4 is 0 Å². The first kappa shape index (κ1) is 30.7. The summed E-state index contributed by atoms with van der Waals surface area (Å²) < 4.78 is 30.4. The highest BCUT2D eigenvalue weighted by molar-refractivity contribution is 6.96. The van der Waals surface area contributed by atoms with Gasteiger partial charge in [0, 0.05) is 0 Å². The predicted octanol–water partition coefficient (Wildman–Crippen LogP) is 9.12. The Morgan fingerprint density at radius 3 is 0.625 bits per heavy atom. The molecular formula is C24H56O4Si4. The van der Waals surface area contributed by atoms with Crippen LogP contribution in [0, 0.1) is 0 Å². The van der Waals surface area contributed by atoms with Crippen molar-refractivity contribution in [3.05, 3.63) is 0 Å². The first-order valence-corrected chi connectivity index (χ1v) is 22.2. The molecule has 1 aliphatic rings. The molecule has 1 saturated heterocycles. The highest BCUT2D eigenvalue weighted by atomic mass is 28.5. The molecule has 1 fully saturated rings. The molecule has 0 aliphatic carbocycles. The average molecular weight is 521 g/mol. The first-order valence-electron chi connectivity index (χ1n) is 13.8. The molecule has 4 nitrogen and oxygen atoms in total. The van der Waals surface area contributed by atoms with Gasteiger partial charge in [-0.15, -0.1) is 0 Å². The summed E-state index contributed by atoms with van der Waals surface area (Å²) in [7, 11) is -10.2. The molecule has 0 spiro atoms. The van der Waals surface area contributed by atoms with Crippen LogP contribution in [-0.2, 0) is 16.5 Å². The zero-order valence-electron chi connectivity index (χ0n) is 23.6. The Morgan fingerprint density at radius 2 is 0.531 bits per heavy atom. The molecule has 4 atom stereocenters. The van der Waals surface area contributed by atoms with Crippen LogP contribution in [-0.4, -0.2) is 34.2 Å². The summed E-state index contributed by atoms with van der Waals surface area (Å²) in [5, 5.41) is 0. The molecule has 0 saturated carbocycles. The number of rotatable bonds is 12. The van der Waals surface area contributed by atoms with Crippen LogP contribution in [0.4, 0.5) is 0 Å². The molecule has 0 radical (unpaired) electrons. The van der Waals surface area contributed by atoms with Gasteiger partial charge in [-0.3, -0.25) is 0 Å².